The maximum Gasteiger partial charge on any atom is 0.139 e. The number of aryl methyl sites for hydroxylation is 1. The van der Waals surface area contributed by atoms with Gasteiger partial charge in [0.25, 0.3) is 0 Å². The Hall–Kier alpha value is -2.30. The molecule has 3 aromatic heterocycles. The lowest BCUT2D eigenvalue weighted by atomic mass is 10.2. The smallest absolute Gasteiger partial charge is 0.139 e. The van der Waals surface area contributed by atoms with Gasteiger partial charge in [0.1, 0.15) is 11.3 Å². The number of hydrogen-bond acceptors (Lipinski definition) is 3. The minimum atomic E-state index is 0.725. The lowest BCUT2D eigenvalue weighted by molar-refractivity contribution is 0.770. The van der Waals surface area contributed by atoms with Crippen molar-refractivity contribution < 1.29 is 0 Å². The average Bonchev–Trinajstić information content (AvgIpc) is 2.84. The number of aromatic nitrogens is 4. The lowest BCUT2D eigenvalue weighted by Crippen LogP contribution is -1.87. The third kappa shape index (κ3) is 1.25. The second kappa shape index (κ2) is 3.10. The van der Waals surface area contributed by atoms with Crippen molar-refractivity contribution >= 4 is 16.7 Å². The summed E-state index contributed by atoms with van der Waals surface area (Å²) >= 11 is 0. The molecule has 0 atom stereocenters. The first-order valence-electron chi connectivity index (χ1n) is 4.97. The van der Waals surface area contributed by atoms with E-state index in [1.54, 1.807) is 16.9 Å². The molecule has 5 heteroatoms. The molecule has 0 saturated heterocycles. The predicted octanol–water partition coefficient (Wildman–Crippen LogP) is 1.55. The number of anilines is 1. The Labute approximate surface area is 91.9 Å². The molecule has 0 aliphatic heterocycles. The van der Waals surface area contributed by atoms with Gasteiger partial charge in [-0.1, -0.05) is 0 Å². The first kappa shape index (κ1) is 8.96. The Kier molecular flexibility index (Phi) is 1.73. The Bertz CT molecular complexity index is 649. The van der Waals surface area contributed by atoms with Crippen LogP contribution >= 0.6 is 0 Å². The van der Waals surface area contributed by atoms with Gasteiger partial charge in [-0.3, -0.25) is 4.68 Å². The van der Waals surface area contributed by atoms with Gasteiger partial charge in [0.15, 0.2) is 0 Å². The third-order valence-electron chi connectivity index (χ3n) is 2.56. The maximum atomic E-state index is 5.87. The molecule has 3 rings (SSSR count). The van der Waals surface area contributed by atoms with Crippen molar-refractivity contribution in [3.05, 3.63) is 30.6 Å². The highest BCUT2D eigenvalue weighted by atomic mass is 15.2. The molecule has 0 fully saturated rings. The van der Waals surface area contributed by atoms with Crippen molar-refractivity contribution in [3.8, 4) is 11.4 Å². The van der Waals surface area contributed by atoms with Crippen molar-refractivity contribution in [3.63, 3.8) is 0 Å². The van der Waals surface area contributed by atoms with Gasteiger partial charge in [0.2, 0.25) is 0 Å². The van der Waals surface area contributed by atoms with E-state index in [1.165, 1.54) is 0 Å². The van der Waals surface area contributed by atoms with E-state index in [-0.39, 0.29) is 0 Å². The molecule has 0 aliphatic carbocycles. The van der Waals surface area contributed by atoms with Crippen LogP contribution in [0.1, 0.15) is 0 Å². The summed E-state index contributed by atoms with van der Waals surface area (Å²) in [6.07, 6.45) is 3.59. The van der Waals surface area contributed by atoms with E-state index in [0.717, 1.165) is 28.1 Å². The molecular formula is C11H11N5. The van der Waals surface area contributed by atoms with Crippen LogP contribution < -0.4 is 5.73 Å². The molecule has 3 heterocycles. The monoisotopic (exact) mass is 213 g/mol. The number of nitrogens with one attached hydrogen (secondary N) is 1. The molecule has 0 unspecified atom stereocenters. The zero-order valence-corrected chi connectivity index (χ0v) is 8.81. The number of aromatic amines is 1. The van der Waals surface area contributed by atoms with Crippen LogP contribution in [-0.2, 0) is 7.05 Å². The second-order valence-electron chi connectivity index (χ2n) is 3.72. The highest BCUT2D eigenvalue weighted by Gasteiger charge is 2.07. The minimum absolute atomic E-state index is 0.725. The number of nitrogen functional groups attached to an aromatic ring is 1. The first-order chi connectivity index (χ1) is 7.74. The minimum Gasteiger partial charge on any atom is -0.398 e. The van der Waals surface area contributed by atoms with Crippen LogP contribution in [0.25, 0.3) is 22.4 Å². The number of nitrogens with zero attached hydrogens (tertiary/aromatic N) is 3. The third-order valence-corrected chi connectivity index (χ3v) is 2.56. The number of rotatable bonds is 1. The van der Waals surface area contributed by atoms with Crippen LogP contribution in [-0.4, -0.2) is 19.7 Å². The molecule has 5 nitrogen and oxygen atoms in total. The molecule has 0 aromatic carbocycles. The zero-order valence-electron chi connectivity index (χ0n) is 8.81. The summed E-state index contributed by atoms with van der Waals surface area (Å²) in [5.74, 6) is 0. The molecular weight excluding hydrogens is 202 g/mol. The van der Waals surface area contributed by atoms with Gasteiger partial charge in [-0.05, 0) is 18.2 Å². The van der Waals surface area contributed by atoms with Gasteiger partial charge in [0, 0.05) is 30.5 Å². The van der Waals surface area contributed by atoms with Crippen molar-refractivity contribution in [2.75, 3.05) is 5.73 Å². The van der Waals surface area contributed by atoms with Gasteiger partial charge in [-0.25, -0.2) is 4.98 Å². The molecule has 80 valence electrons. The van der Waals surface area contributed by atoms with Gasteiger partial charge in [-0.15, -0.1) is 0 Å². The highest BCUT2D eigenvalue weighted by molar-refractivity contribution is 5.91. The van der Waals surface area contributed by atoms with E-state index in [2.05, 4.69) is 15.1 Å². The molecule has 0 amide bonds. The SMILES string of the molecule is Cn1ccc(-c2cc3c(N)ccnc3[nH]2)n1. The summed E-state index contributed by atoms with van der Waals surface area (Å²) in [4.78, 5) is 7.42. The Morgan fingerprint density at radius 1 is 1.38 bits per heavy atom. The van der Waals surface area contributed by atoms with Crippen molar-refractivity contribution in [2.45, 2.75) is 0 Å². The standard InChI is InChI=1S/C11H11N5/c1-16-5-3-9(15-16)10-6-7-8(12)2-4-13-11(7)14-10/h2-6H,1H3,(H3,12,13,14). The van der Waals surface area contributed by atoms with E-state index >= 15 is 0 Å². The fourth-order valence-electron chi connectivity index (χ4n) is 1.74. The quantitative estimate of drug-likeness (QED) is 0.644. The van der Waals surface area contributed by atoms with E-state index in [0.29, 0.717) is 0 Å². The summed E-state index contributed by atoms with van der Waals surface area (Å²) in [5, 5.41) is 5.26. The fourth-order valence-corrected chi connectivity index (χ4v) is 1.74. The predicted molar refractivity (Wildman–Crippen MR) is 62.7 cm³/mol. The topological polar surface area (TPSA) is 72.5 Å². The summed E-state index contributed by atoms with van der Waals surface area (Å²) in [6, 6.07) is 5.71. The average molecular weight is 213 g/mol. The number of fused-ring (bicyclic) bond motifs is 1. The van der Waals surface area contributed by atoms with Gasteiger partial charge >= 0.3 is 0 Å². The van der Waals surface area contributed by atoms with E-state index in [1.807, 2.05) is 25.4 Å². The Morgan fingerprint density at radius 2 is 2.25 bits per heavy atom. The second-order valence-corrected chi connectivity index (χ2v) is 3.72. The van der Waals surface area contributed by atoms with Crippen LogP contribution in [0.3, 0.4) is 0 Å². The molecule has 0 bridgehead atoms. The molecule has 0 spiro atoms. The number of H-pyrrole nitrogens is 1. The number of pyridine rings is 1. The number of nitrogens with two attached hydrogens (primary N) is 1. The Balaban J connectivity index is 2.22. The number of hydrogen-bond donors (Lipinski definition) is 2. The van der Waals surface area contributed by atoms with Gasteiger partial charge in [-0.2, -0.15) is 5.10 Å². The van der Waals surface area contributed by atoms with Gasteiger partial charge < -0.3 is 10.7 Å². The van der Waals surface area contributed by atoms with Crippen LogP contribution in [0.2, 0.25) is 0 Å². The van der Waals surface area contributed by atoms with Crippen molar-refractivity contribution in [1.82, 2.24) is 19.7 Å². The van der Waals surface area contributed by atoms with Crippen LogP contribution in [0, 0.1) is 0 Å². The maximum absolute atomic E-state index is 5.87. The zero-order chi connectivity index (χ0) is 11.1. The largest absolute Gasteiger partial charge is 0.398 e. The highest BCUT2D eigenvalue weighted by Crippen LogP contribution is 2.24. The molecule has 3 aromatic rings. The summed E-state index contributed by atoms with van der Waals surface area (Å²) < 4.78 is 1.76. The first-order valence-corrected chi connectivity index (χ1v) is 4.97. The van der Waals surface area contributed by atoms with Crippen LogP contribution in [0.15, 0.2) is 30.6 Å². The van der Waals surface area contributed by atoms with Crippen LogP contribution in [0.4, 0.5) is 5.69 Å². The molecule has 0 aliphatic rings. The normalized spacial score (nSPS) is 11.1. The molecule has 16 heavy (non-hydrogen) atoms. The summed E-state index contributed by atoms with van der Waals surface area (Å²) in [5.41, 5.74) is 9.21. The lowest BCUT2D eigenvalue weighted by Gasteiger charge is -1.91. The van der Waals surface area contributed by atoms with E-state index in [4.69, 9.17) is 5.73 Å². The van der Waals surface area contributed by atoms with Gasteiger partial charge in [0.05, 0.1) is 5.69 Å². The Morgan fingerprint density at radius 3 is 2.94 bits per heavy atom. The van der Waals surface area contributed by atoms with Crippen molar-refractivity contribution in [1.29, 1.82) is 0 Å². The molecule has 0 radical (unpaired) electrons. The summed E-state index contributed by atoms with van der Waals surface area (Å²) in [6.45, 7) is 0. The molecule has 3 N–H and O–H groups in total. The van der Waals surface area contributed by atoms with Crippen molar-refractivity contribution in [2.24, 2.45) is 7.05 Å². The van der Waals surface area contributed by atoms with Crippen LogP contribution in [0.5, 0.6) is 0 Å². The fraction of sp³-hybridized carbons (Fsp3) is 0.0909. The molecule has 0 saturated carbocycles. The van der Waals surface area contributed by atoms with E-state index < -0.39 is 0 Å². The summed E-state index contributed by atoms with van der Waals surface area (Å²) in [7, 11) is 1.89. The van der Waals surface area contributed by atoms with E-state index in [9.17, 15) is 0 Å².